The molecule has 148 valence electrons. The lowest BCUT2D eigenvalue weighted by atomic mass is 9.95. The number of hydrogen-bond donors (Lipinski definition) is 1. The van der Waals surface area contributed by atoms with Crippen LogP contribution in [0.4, 0.5) is 0 Å². The molecule has 1 saturated heterocycles. The fourth-order valence-corrected chi connectivity index (χ4v) is 4.65. The maximum Gasteiger partial charge on any atom is 0.332 e. The van der Waals surface area contributed by atoms with E-state index in [1.165, 1.54) is 16.5 Å². The summed E-state index contributed by atoms with van der Waals surface area (Å²) in [4.78, 5) is 48.0. The number of carbonyl (C=O) groups is 1. The SMILES string of the molecule is Cc1scc(C(=O)N2CCC(c3nc4c([nH]3)c(=O)n(C)c(=O)n4C)CC2)c1C. The zero-order valence-electron chi connectivity index (χ0n) is 16.4. The minimum absolute atomic E-state index is 0.0844. The fraction of sp³-hybridized carbons (Fsp3) is 0.474. The van der Waals surface area contributed by atoms with Crippen LogP contribution in [0.2, 0.25) is 0 Å². The van der Waals surface area contributed by atoms with E-state index in [1.54, 1.807) is 18.4 Å². The number of hydrogen-bond acceptors (Lipinski definition) is 5. The Kier molecular flexibility index (Phi) is 4.49. The summed E-state index contributed by atoms with van der Waals surface area (Å²) in [7, 11) is 3.07. The fourth-order valence-electron chi connectivity index (χ4n) is 3.79. The van der Waals surface area contributed by atoms with Crippen LogP contribution in [0.25, 0.3) is 11.2 Å². The molecule has 4 rings (SSSR count). The average molecular weight is 401 g/mol. The molecule has 0 aliphatic carbocycles. The highest BCUT2D eigenvalue weighted by molar-refractivity contribution is 7.10. The summed E-state index contributed by atoms with van der Waals surface area (Å²) >= 11 is 1.61. The van der Waals surface area contributed by atoms with E-state index in [2.05, 4.69) is 9.97 Å². The Labute approximate surface area is 165 Å². The number of thiophene rings is 1. The number of piperidine rings is 1. The van der Waals surface area contributed by atoms with Gasteiger partial charge in [0.05, 0.1) is 5.56 Å². The Morgan fingerprint density at radius 3 is 2.46 bits per heavy atom. The summed E-state index contributed by atoms with van der Waals surface area (Å²) in [5, 5.41) is 1.94. The van der Waals surface area contributed by atoms with Crippen LogP contribution in [0.3, 0.4) is 0 Å². The van der Waals surface area contributed by atoms with E-state index >= 15 is 0 Å². The van der Waals surface area contributed by atoms with Crippen molar-refractivity contribution in [1.82, 2.24) is 24.0 Å². The van der Waals surface area contributed by atoms with Gasteiger partial charge in [-0.15, -0.1) is 11.3 Å². The van der Waals surface area contributed by atoms with Crippen molar-refractivity contribution in [3.05, 3.63) is 48.0 Å². The molecule has 4 heterocycles. The van der Waals surface area contributed by atoms with Crippen molar-refractivity contribution in [3.63, 3.8) is 0 Å². The first-order valence-electron chi connectivity index (χ1n) is 9.29. The lowest BCUT2D eigenvalue weighted by Crippen LogP contribution is -2.38. The molecule has 1 aliphatic heterocycles. The van der Waals surface area contributed by atoms with Crippen LogP contribution in [0.1, 0.15) is 45.4 Å². The van der Waals surface area contributed by atoms with Crippen molar-refractivity contribution < 1.29 is 4.79 Å². The predicted octanol–water partition coefficient (Wildman–Crippen LogP) is 1.66. The van der Waals surface area contributed by atoms with E-state index in [0.717, 1.165) is 28.5 Å². The second-order valence-corrected chi connectivity index (χ2v) is 8.51. The molecule has 1 aliphatic rings. The van der Waals surface area contributed by atoms with Gasteiger partial charge in [0.25, 0.3) is 11.5 Å². The molecule has 0 spiro atoms. The molecule has 1 amide bonds. The molecular weight excluding hydrogens is 378 g/mol. The van der Waals surface area contributed by atoms with Gasteiger partial charge in [-0.1, -0.05) is 0 Å². The topological polar surface area (TPSA) is 93.0 Å². The van der Waals surface area contributed by atoms with Gasteiger partial charge in [0.1, 0.15) is 11.3 Å². The number of H-pyrrole nitrogens is 1. The molecule has 28 heavy (non-hydrogen) atoms. The zero-order valence-corrected chi connectivity index (χ0v) is 17.2. The van der Waals surface area contributed by atoms with Crippen LogP contribution in [0.5, 0.6) is 0 Å². The normalized spacial score (nSPS) is 15.5. The second-order valence-electron chi connectivity index (χ2n) is 7.42. The van der Waals surface area contributed by atoms with Gasteiger partial charge in [-0.25, -0.2) is 9.78 Å². The number of fused-ring (bicyclic) bond motifs is 1. The molecule has 0 bridgehead atoms. The number of rotatable bonds is 2. The molecule has 9 heteroatoms. The second kappa shape index (κ2) is 6.73. The number of aromatic amines is 1. The van der Waals surface area contributed by atoms with Crippen molar-refractivity contribution in [3.8, 4) is 0 Å². The molecular formula is C19H23N5O3S. The third-order valence-electron chi connectivity index (χ3n) is 5.80. The van der Waals surface area contributed by atoms with Crippen molar-refractivity contribution in [2.24, 2.45) is 14.1 Å². The highest BCUT2D eigenvalue weighted by Gasteiger charge is 2.28. The first-order valence-corrected chi connectivity index (χ1v) is 10.2. The number of carbonyl (C=O) groups excluding carboxylic acids is 1. The van der Waals surface area contributed by atoms with E-state index in [0.29, 0.717) is 30.1 Å². The van der Waals surface area contributed by atoms with Crippen LogP contribution >= 0.6 is 11.3 Å². The Balaban J connectivity index is 1.56. The summed E-state index contributed by atoms with van der Waals surface area (Å²) in [5.74, 6) is 0.922. The molecule has 0 radical (unpaired) electrons. The smallest absolute Gasteiger partial charge is 0.332 e. The Morgan fingerprint density at radius 2 is 1.86 bits per heavy atom. The monoisotopic (exact) mass is 401 g/mol. The largest absolute Gasteiger partial charge is 0.339 e. The lowest BCUT2D eigenvalue weighted by molar-refractivity contribution is 0.0711. The summed E-state index contributed by atoms with van der Waals surface area (Å²) in [6.07, 6.45) is 1.53. The first kappa shape index (κ1) is 18.7. The summed E-state index contributed by atoms with van der Waals surface area (Å²) in [5.41, 5.74) is 1.83. The number of imidazole rings is 1. The molecule has 3 aromatic rings. The maximum absolute atomic E-state index is 12.8. The number of amides is 1. The van der Waals surface area contributed by atoms with Crippen LogP contribution in [-0.2, 0) is 14.1 Å². The molecule has 8 nitrogen and oxygen atoms in total. The van der Waals surface area contributed by atoms with Gasteiger partial charge in [-0.3, -0.25) is 18.7 Å². The number of nitrogens with zero attached hydrogens (tertiary/aromatic N) is 4. The molecule has 0 unspecified atom stereocenters. The number of likely N-dealkylation sites (tertiary alicyclic amines) is 1. The minimum atomic E-state index is -0.391. The third-order valence-corrected chi connectivity index (χ3v) is 6.81. The van der Waals surface area contributed by atoms with Crippen molar-refractivity contribution >= 4 is 28.4 Å². The van der Waals surface area contributed by atoms with Crippen LogP contribution in [0.15, 0.2) is 15.0 Å². The lowest BCUT2D eigenvalue weighted by Gasteiger charge is -2.31. The van der Waals surface area contributed by atoms with Gasteiger partial charge >= 0.3 is 5.69 Å². The minimum Gasteiger partial charge on any atom is -0.339 e. The number of aromatic nitrogens is 4. The Bertz CT molecular complexity index is 1190. The van der Waals surface area contributed by atoms with Crippen LogP contribution in [0, 0.1) is 13.8 Å². The van der Waals surface area contributed by atoms with E-state index in [1.807, 2.05) is 24.1 Å². The first-order chi connectivity index (χ1) is 13.3. The number of aryl methyl sites for hydroxylation is 2. The summed E-state index contributed by atoms with van der Waals surface area (Å²) in [6, 6.07) is 0. The Hall–Kier alpha value is -2.68. The molecule has 3 aromatic heterocycles. The highest BCUT2D eigenvalue weighted by atomic mass is 32.1. The van der Waals surface area contributed by atoms with E-state index in [4.69, 9.17) is 0 Å². The molecule has 0 atom stereocenters. The van der Waals surface area contributed by atoms with Crippen molar-refractivity contribution in [2.75, 3.05) is 13.1 Å². The van der Waals surface area contributed by atoms with Gasteiger partial charge in [0.15, 0.2) is 5.65 Å². The van der Waals surface area contributed by atoms with Gasteiger partial charge < -0.3 is 9.88 Å². The number of nitrogens with one attached hydrogen (secondary N) is 1. The molecule has 0 aromatic carbocycles. The highest BCUT2D eigenvalue weighted by Crippen LogP contribution is 2.29. The standard InChI is InChI=1S/C19H23N5O3S/c1-10-11(2)28-9-13(10)17(25)24-7-5-12(6-8-24)15-20-14-16(21-15)22(3)19(27)23(4)18(14)26/h9,12H,5-8H2,1-4H3,(H,20,21). The molecule has 1 N–H and O–H groups in total. The molecule has 1 fully saturated rings. The van der Waals surface area contributed by atoms with E-state index in [-0.39, 0.29) is 17.4 Å². The Morgan fingerprint density at radius 1 is 1.18 bits per heavy atom. The van der Waals surface area contributed by atoms with Gasteiger partial charge in [-0.2, -0.15) is 0 Å². The third kappa shape index (κ3) is 2.81. The zero-order chi connectivity index (χ0) is 20.2. The van der Waals surface area contributed by atoms with E-state index < -0.39 is 5.69 Å². The summed E-state index contributed by atoms with van der Waals surface area (Å²) in [6.45, 7) is 5.31. The van der Waals surface area contributed by atoms with Crippen LogP contribution in [-0.4, -0.2) is 43.0 Å². The maximum atomic E-state index is 12.8. The van der Waals surface area contributed by atoms with Crippen LogP contribution < -0.4 is 11.2 Å². The summed E-state index contributed by atoms with van der Waals surface area (Å²) < 4.78 is 2.47. The van der Waals surface area contributed by atoms with Gasteiger partial charge in [0.2, 0.25) is 0 Å². The quantitative estimate of drug-likeness (QED) is 0.707. The van der Waals surface area contributed by atoms with Crippen molar-refractivity contribution in [2.45, 2.75) is 32.6 Å². The predicted molar refractivity (Wildman–Crippen MR) is 108 cm³/mol. The van der Waals surface area contributed by atoms with Gasteiger partial charge in [-0.05, 0) is 32.3 Å². The average Bonchev–Trinajstić information content (AvgIpc) is 3.29. The van der Waals surface area contributed by atoms with Crippen molar-refractivity contribution in [1.29, 1.82) is 0 Å². The van der Waals surface area contributed by atoms with Gasteiger partial charge in [0, 0.05) is 43.4 Å². The van der Waals surface area contributed by atoms with E-state index in [9.17, 15) is 14.4 Å². The molecule has 0 saturated carbocycles.